The van der Waals surface area contributed by atoms with E-state index in [-0.39, 0.29) is 0 Å². The predicted octanol–water partition coefficient (Wildman–Crippen LogP) is 14.0. The van der Waals surface area contributed by atoms with E-state index in [1.807, 2.05) is 35.6 Å². The van der Waals surface area contributed by atoms with E-state index in [1.165, 1.54) is 52.8 Å². The highest BCUT2D eigenvalue weighted by molar-refractivity contribution is 7.26. The Bertz CT molecular complexity index is 3240. The molecule has 0 unspecified atom stereocenters. The smallest absolute Gasteiger partial charge is 0.160 e. The SMILES string of the molecule is c1ccc(-c2ccc(-c3cc(-c4ccc5nc(-c6cc7ccccc7c7ccccc67)c6c7ccccc7sc6c5c4)nc(-c4ccccc4)n3)cc2)cc1. The van der Waals surface area contributed by atoms with Crippen LogP contribution in [0.1, 0.15) is 0 Å². The Kier molecular flexibility index (Phi) is 7.35. The zero-order valence-corrected chi connectivity index (χ0v) is 30.5. The first kappa shape index (κ1) is 31.5. The molecule has 0 N–H and O–H groups in total. The largest absolute Gasteiger partial charge is 0.247 e. The number of fused-ring (bicyclic) bond motifs is 8. The number of rotatable bonds is 5. The lowest BCUT2D eigenvalue weighted by Crippen LogP contribution is -1.96. The average Bonchev–Trinajstić information content (AvgIpc) is 3.66. The maximum Gasteiger partial charge on any atom is 0.160 e. The van der Waals surface area contributed by atoms with Crippen LogP contribution in [0.25, 0.3) is 109 Å². The van der Waals surface area contributed by atoms with Crippen LogP contribution in [0.2, 0.25) is 0 Å². The molecule has 0 saturated heterocycles. The van der Waals surface area contributed by atoms with Crippen LogP contribution in [0, 0.1) is 0 Å². The summed E-state index contributed by atoms with van der Waals surface area (Å²) in [6.45, 7) is 0. The van der Waals surface area contributed by atoms with Crippen LogP contribution in [0.3, 0.4) is 0 Å². The van der Waals surface area contributed by atoms with E-state index in [9.17, 15) is 0 Å². The number of hydrogen-bond donors (Lipinski definition) is 0. The molecule has 0 spiro atoms. The number of hydrogen-bond acceptors (Lipinski definition) is 4. The second-order valence-corrected chi connectivity index (χ2v) is 15.0. The zero-order valence-electron chi connectivity index (χ0n) is 29.6. The minimum absolute atomic E-state index is 0.698. The molecule has 0 atom stereocenters. The lowest BCUT2D eigenvalue weighted by atomic mass is 9.93. The third-order valence-corrected chi connectivity index (χ3v) is 11.9. The Labute approximate surface area is 321 Å². The summed E-state index contributed by atoms with van der Waals surface area (Å²) in [7, 11) is 0. The normalized spacial score (nSPS) is 11.6. The van der Waals surface area contributed by atoms with Gasteiger partial charge < -0.3 is 0 Å². The molecule has 0 aliphatic heterocycles. The van der Waals surface area contributed by atoms with E-state index in [0.717, 1.165) is 50.2 Å². The summed E-state index contributed by atoms with van der Waals surface area (Å²) in [5.41, 5.74) is 10.3. The van der Waals surface area contributed by atoms with Crippen molar-refractivity contribution in [3.8, 4) is 56.3 Å². The molecule has 11 aromatic rings. The summed E-state index contributed by atoms with van der Waals surface area (Å²) in [4.78, 5) is 15.8. The number of benzene rings is 8. The Morgan fingerprint density at radius 1 is 0.364 bits per heavy atom. The van der Waals surface area contributed by atoms with Gasteiger partial charge in [-0.1, -0.05) is 158 Å². The van der Waals surface area contributed by atoms with Crippen LogP contribution in [0.4, 0.5) is 0 Å². The number of thiophene rings is 1. The first-order valence-corrected chi connectivity index (χ1v) is 19.3. The van der Waals surface area contributed by atoms with Crippen LogP contribution in [0.5, 0.6) is 0 Å². The second-order valence-electron chi connectivity index (χ2n) is 14.0. The van der Waals surface area contributed by atoms with Gasteiger partial charge in [-0.05, 0) is 63.0 Å². The lowest BCUT2D eigenvalue weighted by Gasteiger charge is -2.14. The van der Waals surface area contributed by atoms with E-state index in [4.69, 9.17) is 15.0 Å². The van der Waals surface area contributed by atoms with Gasteiger partial charge in [0.05, 0.1) is 22.6 Å². The monoisotopic (exact) mass is 717 g/mol. The number of nitrogens with zero attached hydrogens (tertiary/aromatic N) is 3. The first-order chi connectivity index (χ1) is 27.2. The zero-order chi connectivity index (χ0) is 36.3. The van der Waals surface area contributed by atoms with E-state index in [0.29, 0.717) is 5.82 Å². The van der Waals surface area contributed by atoms with Gasteiger partial charge in [0.2, 0.25) is 0 Å². The maximum atomic E-state index is 5.53. The van der Waals surface area contributed by atoms with Gasteiger partial charge in [-0.15, -0.1) is 11.3 Å². The van der Waals surface area contributed by atoms with Crippen molar-refractivity contribution in [2.75, 3.05) is 0 Å². The Balaban J connectivity index is 1.12. The standard InChI is InChI=1S/C51H31N3S/c1-3-13-32(14-4-1)33-23-25-34(26-24-33)45-31-46(54-51(53-45)35-15-5-2-6-16-35)37-27-28-44-43(30-37)50-48(41-21-11-12-22-47(41)55-50)49(52-44)42-29-36-17-7-8-18-38(36)39-19-9-10-20-40(39)42/h1-31H. The topological polar surface area (TPSA) is 38.7 Å². The fourth-order valence-electron chi connectivity index (χ4n) is 7.99. The van der Waals surface area contributed by atoms with Crippen molar-refractivity contribution in [2.45, 2.75) is 0 Å². The van der Waals surface area contributed by atoms with E-state index >= 15 is 0 Å². The summed E-state index contributed by atoms with van der Waals surface area (Å²) >= 11 is 1.84. The van der Waals surface area contributed by atoms with Gasteiger partial charge in [-0.3, -0.25) is 0 Å². The molecule has 0 radical (unpaired) electrons. The first-order valence-electron chi connectivity index (χ1n) is 18.5. The molecule has 0 aliphatic rings. The highest BCUT2D eigenvalue weighted by Gasteiger charge is 2.20. The predicted molar refractivity (Wildman–Crippen MR) is 232 cm³/mol. The molecule has 0 saturated carbocycles. The van der Waals surface area contributed by atoms with E-state index in [2.05, 4.69) is 164 Å². The van der Waals surface area contributed by atoms with E-state index in [1.54, 1.807) is 0 Å². The van der Waals surface area contributed by atoms with Gasteiger partial charge in [-0.2, -0.15) is 0 Å². The quantitative estimate of drug-likeness (QED) is 0.166. The van der Waals surface area contributed by atoms with Gasteiger partial charge in [0.15, 0.2) is 5.82 Å². The van der Waals surface area contributed by atoms with Gasteiger partial charge in [0.25, 0.3) is 0 Å². The van der Waals surface area contributed by atoms with Gasteiger partial charge >= 0.3 is 0 Å². The third-order valence-electron chi connectivity index (χ3n) is 10.7. The molecule has 55 heavy (non-hydrogen) atoms. The number of pyridine rings is 1. The highest BCUT2D eigenvalue weighted by Crippen LogP contribution is 2.46. The summed E-state index contributed by atoms with van der Waals surface area (Å²) in [5.74, 6) is 0.698. The van der Waals surface area contributed by atoms with Gasteiger partial charge in [0.1, 0.15) is 0 Å². The van der Waals surface area contributed by atoms with Gasteiger partial charge in [-0.25, -0.2) is 15.0 Å². The molecule has 0 bridgehead atoms. The van der Waals surface area contributed by atoms with Crippen molar-refractivity contribution < 1.29 is 0 Å². The molecule has 8 aromatic carbocycles. The van der Waals surface area contributed by atoms with Crippen LogP contribution in [-0.4, -0.2) is 15.0 Å². The van der Waals surface area contributed by atoms with Crippen molar-refractivity contribution in [2.24, 2.45) is 0 Å². The minimum atomic E-state index is 0.698. The van der Waals surface area contributed by atoms with Crippen molar-refractivity contribution in [1.29, 1.82) is 0 Å². The fraction of sp³-hybridized carbons (Fsp3) is 0. The van der Waals surface area contributed by atoms with Crippen LogP contribution in [0.15, 0.2) is 188 Å². The summed E-state index contributed by atoms with van der Waals surface area (Å²) in [6, 6.07) is 66.6. The molecule has 3 aromatic heterocycles. The molecular weight excluding hydrogens is 687 g/mol. The molecule has 256 valence electrons. The molecule has 11 rings (SSSR count). The minimum Gasteiger partial charge on any atom is -0.247 e. The fourth-order valence-corrected chi connectivity index (χ4v) is 9.22. The molecular formula is C51H31N3S. The summed E-state index contributed by atoms with van der Waals surface area (Å²) in [5, 5.41) is 8.46. The number of aromatic nitrogens is 3. The average molecular weight is 718 g/mol. The van der Waals surface area contributed by atoms with Crippen LogP contribution in [-0.2, 0) is 0 Å². The van der Waals surface area contributed by atoms with Gasteiger partial charge in [0, 0.05) is 47.8 Å². The summed E-state index contributed by atoms with van der Waals surface area (Å²) in [6.07, 6.45) is 0. The van der Waals surface area contributed by atoms with Crippen molar-refractivity contribution in [3.05, 3.63) is 188 Å². The summed E-state index contributed by atoms with van der Waals surface area (Å²) < 4.78 is 2.48. The lowest BCUT2D eigenvalue weighted by molar-refractivity contribution is 1.18. The maximum absolute atomic E-state index is 5.53. The molecule has 0 fully saturated rings. The second kappa shape index (κ2) is 12.8. The highest BCUT2D eigenvalue weighted by atomic mass is 32.1. The molecule has 0 amide bonds. The van der Waals surface area contributed by atoms with Crippen LogP contribution >= 0.6 is 11.3 Å². The van der Waals surface area contributed by atoms with Crippen molar-refractivity contribution in [1.82, 2.24) is 15.0 Å². The third kappa shape index (κ3) is 5.38. The molecule has 4 heteroatoms. The molecule has 3 heterocycles. The van der Waals surface area contributed by atoms with Crippen molar-refractivity contribution >= 4 is 64.0 Å². The molecule has 3 nitrogen and oxygen atoms in total. The molecule has 0 aliphatic carbocycles. The van der Waals surface area contributed by atoms with Crippen molar-refractivity contribution in [3.63, 3.8) is 0 Å². The Morgan fingerprint density at radius 2 is 0.945 bits per heavy atom. The van der Waals surface area contributed by atoms with E-state index < -0.39 is 0 Å². The Hall–Kier alpha value is -7.01. The Morgan fingerprint density at radius 3 is 1.73 bits per heavy atom. The van der Waals surface area contributed by atoms with Crippen LogP contribution < -0.4 is 0 Å².